The Morgan fingerprint density at radius 3 is 2.00 bits per heavy atom. The summed E-state index contributed by atoms with van der Waals surface area (Å²) >= 11 is 0. The van der Waals surface area contributed by atoms with Crippen LogP contribution in [0.5, 0.6) is 0 Å². The maximum absolute atomic E-state index is 6.79. The fourth-order valence-corrected chi connectivity index (χ4v) is 7.17. The van der Waals surface area contributed by atoms with Gasteiger partial charge in [-0.2, -0.15) is 0 Å². The van der Waals surface area contributed by atoms with Crippen LogP contribution in [0, 0.1) is 0 Å². The van der Waals surface area contributed by atoms with Crippen molar-refractivity contribution in [3.63, 3.8) is 0 Å². The Morgan fingerprint density at radius 2 is 1.56 bits per heavy atom. The number of hydrogen-bond donors (Lipinski definition) is 0. The van der Waals surface area contributed by atoms with Crippen LogP contribution >= 0.6 is 0 Å². The highest BCUT2D eigenvalue weighted by atomic mass is 28.4. The number of hydrogen-bond acceptors (Lipinski definition) is 4. The fraction of sp³-hybridized carbons (Fsp3) is 0.636. The van der Waals surface area contributed by atoms with E-state index in [1.165, 1.54) is 0 Å². The van der Waals surface area contributed by atoms with Crippen molar-refractivity contribution in [2.24, 2.45) is 0 Å². The van der Waals surface area contributed by atoms with Crippen LogP contribution in [0.15, 0.2) is 43.0 Å². The highest BCUT2D eigenvalue weighted by molar-refractivity contribution is 6.75. The van der Waals surface area contributed by atoms with Gasteiger partial charge in [0.2, 0.25) is 0 Å². The molecule has 4 nitrogen and oxygen atoms in total. The first-order valence-electron chi connectivity index (χ1n) is 10.1. The van der Waals surface area contributed by atoms with Crippen LogP contribution in [0.2, 0.25) is 0 Å². The Labute approximate surface area is 166 Å². The molecule has 1 fully saturated rings. The topological polar surface area (TPSA) is 30.9 Å². The monoisotopic (exact) mass is 391 g/mol. The van der Waals surface area contributed by atoms with Crippen molar-refractivity contribution in [1.82, 2.24) is 4.90 Å². The molecular formula is C22H37NO3Si. The van der Waals surface area contributed by atoms with E-state index >= 15 is 0 Å². The Balaban J connectivity index is 2.33. The van der Waals surface area contributed by atoms with Gasteiger partial charge in [-0.25, -0.2) is 0 Å². The lowest BCUT2D eigenvalue weighted by atomic mass is 9.78. The standard InChI is InChI=1S/C22H37NO3Si/c1-8-16-23-21(4,5)17-19(18-22(23,6)7)26-27(24-9-2,25-10-3)20-14-12-11-13-15-20/h8,11-15,19H,1,9-10,16-18H2,2-7H3. The maximum atomic E-state index is 6.79. The lowest BCUT2D eigenvalue weighted by Gasteiger charge is -2.55. The number of piperidine rings is 1. The average Bonchev–Trinajstić information content (AvgIpc) is 2.58. The van der Waals surface area contributed by atoms with Crippen molar-refractivity contribution in [3.05, 3.63) is 43.0 Å². The van der Waals surface area contributed by atoms with Crippen molar-refractivity contribution in [1.29, 1.82) is 0 Å². The summed E-state index contributed by atoms with van der Waals surface area (Å²) in [4.78, 5) is 2.53. The zero-order chi connectivity index (χ0) is 20.1. The van der Waals surface area contributed by atoms with Gasteiger partial charge in [0, 0.05) is 36.0 Å². The molecule has 27 heavy (non-hydrogen) atoms. The Kier molecular flexibility index (Phi) is 7.45. The molecule has 0 bridgehead atoms. The molecule has 0 saturated carbocycles. The van der Waals surface area contributed by atoms with E-state index in [1.54, 1.807) is 0 Å². The SMILES string of the molecule is C=CCN1C(C)(C)CC(O[Si](OCC)(OCC)c2ccccc2)CC1(C)C. The molecule has 0 amide bonds. The van der Waals surface area contributed by atoms with Gasteiger partial charge in [0.15, 0.2) is 0 Å². The third kappa shape index (κ3) is 5.09. The Bertz CT molecular complexity index is 579. The number of rotatable bonds is 9. The van der Waals surface area contributed by atoms with Crippen LogP contribution in [0.3, 0.4) is 0 Å². The summed E-state index contributed by atoms with van der Waals surface area (Å²) in [6.07, 6.45) is 3.95. The minimum absolute atomic E-state index is 0.00979. The van der Waals surface area contributed by atoms with E-state index in [0.717, 1.165) is 24.6 Å². The van der Waals surface area contributed by atoms with Crippen molar-refractivity contribution in [3.8, 4) is 0 Å². The predicted molar refractivity (Wildman–Crippen MR) is 114 cm³/mol. The van der Waals surface area contributed by atoms with Crippen LogP contribution in [-0.4, -0.2) is 50.6 Å². The summed E-state index contributed by atoms with van der Waals surface area (Å²) < 4.78 is 19.3. The normalized spacial score (nSPS) is 20.5. The number of benzene rings is 1. The zero-order valence-corrected chi connectivity index (χ0v) is 19.0. The van der Waals surface area contributed by atoms with Gasteiger partial charge in [-0.3, -0.25) is 4.90 Å². The van der Waals surface area contributed by atoms with Crippen LogP contribution < -0.4 is 5.19 Å². The minimum atomic E-state index is -2.96. The summed E-state index contributed by atoms with van der Waals surface area (Å²) in [5.74, 6) is 0. The average molecular weight is 392 g/mol. The first kappa shape index (κ1) is 22.3. The van der Waals surface area contributed by atoms with Crippen LogP contribution in [-0.2, 0) is 13.3 Å². The molecule has 2 rings (SSSR count). The molecule has 1 aliphatic rings. The largest absolute Gasteiger partial charge is 0.537 e. The van der Waals surface area contributed by atoms with E-state index in [1.807, 2.05) is 38.1 Å². The first-order valence-corrected chi connectivity index (χ1v) is 11.8. The molecule has 0 aliphatic carbocycles. The van der Waals surface area contributed by atoms with Crippen LogP contribution in [0.1, 0.15) is 54.4 Å². The van der Waals surface area contributed by atoms with E-state index in [9.17, 15) is 0 Å². The molecule has 0 unspecified atom stereocenters. The maximum Gasteiger partial charge on any atom is 0.537 e. The molecular weight excluding hydrogens is 354 g/mol. The summed E-state index contributed by atoms with van der Waals surface area (Å²) in [5, 5.41) is 1.04. The number of likely N-dealkylation sites (tertiary alicyclic amines) is 1. The fourth-order valence-electron chi connectivity index (χ4n) is 4.52. The molecule has 0 aromatic heterocycles. The predicted octanol–water partition coefficient (Wildman–Crippen LogP) is 4.13. The van der Waals surface area contributed by atoms with Gasteiger partial charge in [-0.15, -0.1) is 6.58 Å². The van der Waals surface area contributed by atoms with E-state index in [2.05, 4.69) is 51.3 Å². The summed E-state index contributed by atoms with van der Waals surface area (Å²) in [5.41, 5.74) is 0.0196. The first-order chi connectivity index (χ1) is 12.7. The Hall–Kier alpha value is -0.983. The van der Waals surface area contributed by atoms with Gasteiger partial charge in [-0.1, -0.05) is 36.4 Å². The molecule has 0 N–H and O–H groups in total. The highest BCUT2D eigenvalue weighted by Crippen LogP contribution is 2.40. The zero-order valence-electron chi connectivity index (χ0n) is 18.0. The third-order valence-corrected chi connectivity index (χ3v) is 8.37. The minimum Gasteiger partial charge on any atom is -0.370 e. The summed E-state index contributed by atoms with van der Waals surface area (Å²) in [6, 6.07) is 10.2. The second-order valence-electron chi connectivity index (χ2n) is 8.46. The van der Waals surface area contributed by atoms with Crippen molar-refractivity contribution < 1.29 is 13.3 Å². The highest BCUT2D eigenvalue weighted by Gasteiger charge is 2.51. The second kappa shape index (κ2) is 9.01. The quantitative estimate of drug-likeness (QED) is 0.468. The molecule has 5 heteroatoms. The smallest absolute Gasteiger partial charge is 0.370 e. The molecule has 1 aromatic rings. The van der Waals surface area contributed by atoms with Crippen LogP contribution in [0.25, 0.3) is 0 Å². The van der Waals surface area contributed by atoms with Crippen molar-refractivity contribution >= 4 is 14.0 Å². The molecule has 1 heterocycles. The summed E-state index contributed by atoms with van der Waals surface area (Å²) in [6.45, 7) is 19.2. The van der Waals surface area contributed by atoms with Gasteiger partial charge in [0.05, 0.1) is 6.10 Å². The Morgan fingerprint density at radius 1 is 1.04 bits per heavy atom. The van der Waals surface area contributed by atoms with Crippen molar-refractivity contribution in [2.45, 2.75) is 71.6 Å². The second-order valence-corrected chi connectivity index (χ2v) is 11.0. The van der Waals surface area contributed by atoms with E-state index in [0.29, 0.717) is 13.2 Å². The van der Waals surface area contributed by atoms with Gasteiger partial charge in [0.1, 0.15) is 0 Å². The third-order valence-electron chi connectivity index (χ3n) is 5.35. The summed E-state index contributed by atoms with van der Waals surface area (Å²) in [7, 11) is -2.96. The molecule has 0 radical (unpaired) electrons. The lowest BCUT2D eigenvalue weighted by Crippen LogP contribution is -2.65. The van der Waals surface area contributed by atoms with E-state index in [-0.39, 0.29) is 17.2 Å². The molecule has 0 spiro atoms. The van der Waals surface area contributed by atoms with Crippen LogP contribution in [0.4, 0.5) is 0 Å². The van der Waals surface area contributed by atoms with E-state index in [4.69, 9.17) is 13.3 Å². The van der Waals surface area contributed by atoms with Crippen molar-refractivity contribution in [2.75, 3.05) is 19.8 Å². The molecule has 152 valence electrons. The lowest BCUT2D eigenvalue weighted by molar-refractivity contribution is -0.0841. The molecule has 1 aliphatic heterocycles. The number of nitrogens with zero attached hydrogens (tertiary/aromatic N) is 1. The van der Waals surface area contributed by atoms with Gasteiger partial charge in [-0.05, 0) is 54.4 Å². The van der Waals surface area contributed by atoms with E-state index < -0.39 is 8.80 Å². The van der Waals surface area contributed by atoms with Gasteiger partial charge >= 0.3 is 8.80 Å². The van der Waals surface area contributed by atoms with Gasteiger partial charge in [0.25, 0.3) is 0 Å². The molecule has 1 saturated heterocycles. The van der Waals surface area contributed by atoms with Gasteiger partial charge < -0.3 is 13.3 Å². The molecule has 0 atom stereocenters. The molecule has 1 aromatic carbocycles.